The monoisotopic (exact) mass is 448 g/mol. The molecule has 2 aromatic carbocycles. The van der Waals surface area contributed by atoms with Crippen molar-refractivity contribution < 1.29 is 14.4 Å². The fraction of sp³-hybridized carbons (Fsp3) is 0.423. The molecule has 7 heteroatoms. The third-order valence-corrected chi connectivity index (χ3v) is 6.24. The molecule has 2 N–H and O–H groups in total. The molecule has 4 rings (SSSR count). The number of rotatable bonds is 6. The van der Waals surface area contributed by atoms with Crippen LogP contribution in [0.25, 0.3) is 0 Å². The largest absolute Gasteiger partial charge is 0.376 e. The molecule has 0 radical (unpaired) electrons. The zero-order valence-corrected chi connectivity index (χ0v) is 19.0. The van der Waals surface area contributed by atoms with Crippen LogP contribution in [0.2, 0.25) is 0 Å². The van der Waals surface area contributed by atoms with Gasteiger partial charge < -0.3 is 20.4 Å². The molecule has 0 spiro atoms. The molecule has 2 saturated heterocycles. The summed E-state index contributed by atoms with van der Waals surface area (Å²) in [5.74, 6) is -0.164. The van der Waals surface area contributed by atoms with Crippen LogP contribution in [0.4, 0.5) is 11.4 Å². The molecule has 0 unspecified atom stereocenters. The van der Waals surface area contributed by atoms with E-state index < -0.39 is 0 Å². The summed E-state index contributed by atoms with van der Waals surface area (Å²) in [5.41, 5.74) is 2.54. The van der Waals surface area contributed by atoms with Crippen LogP contribution in [0.5, 0.6) is 0 Å². The van der Waals surface area contributed by atoms with Gasteiger partial charge in [0.05, 0.1) is 6.54 Å². The van der Waals surface area contributed by atoms with E-state index in [1.165, 1.54) is 12.8 Å². The Hall–Kier alpha value is -3.35. The van der Waals surface area contributed by atoms with E-state index in [1.807, 2.05) is 28.0 Å². The average Bonchev–Trinajstić information content (AvgIpc) is 2.88. The maximum Gasteiger partial charge on any atom is 0.253 e. The van der Waals surface area contributed by atoms with Crippen molar-refractivity contribution in [3.8, 4) is 0 Å². The molecular weight excluding hydrogens is 416 g/mol. The van der Waals surface area contributed by atoms with Crippen LogP contribution in [-0.2, 0) is 4.79 Å². The lowest BCUT2D eigenvalue weighted by Gasteiger charge is -2.27. The van der Waals surface area contributed by atoms with Gasteiger partial charge in [0.2, 0.25) is 5.91 Å². The van der Waals surface area contributed by atoms with Gasteiger partial charge in [-0.05, 0) is 74.9 Å². The Bertz CT molecular complexity index is 995. The molecule has 0 aromatic heterocycles. The fourth-order valence-corrected chi connectivity index (χ4v) is 4.44. The SMILES string of the molecule is O=C(CNc1cccc(C(=O)N2CCCCC2)c1)Nc1cccc(C(=O)N2CCCCC2)c1. The summed E-state index contributed by atoms with van der Waals surface area (Å²) in [4.78, 5) is 41.7. The van der Waals surface area contributed by atoms with Crippen LogP contribution < -0.4 is 10.6 Å². The molecule has 0 bridgehead atoms. The van der Waals surface area contributed by atoms with Gasteiger partial charge in [0.15, 0.2) is 0 Å². The van der Waals surface area contributed by atoms with Crippen molar-refractivity contribution in [2.24, 2.45) is 0 Å². The highest BCUT2D eigenvalue weighted by Gasteiger charge is 2.19. The van der Waals surface area contributed by atoms with Crippen LogP contribution in [0, 0.1) is 0 Å². The number of nitrogens with one attached hydrogen (secondary N) is 2. The molecule has 3 amide bonds. The van der Waals surface area contributed by atoms with Crippen LogP contribution in [0.15, 0.2) is 48.5 Å². The lowest BCUT2D eigenvalue weighted by atomic mass is 10.1. The molecule has 2 fully saturated rings. The van der Waals surface area contributed by atoms with Crippen molar-refractivity contribution in [3.05, 3.63) is 59.7 Å². The van der Waals surface area contributed by atoms with Gasteiger partial charge in [0.1, 0.15) is 0 Å². The fourth-order valence-electron chi connectivity index (χ4n) is 4.44. The standard InChI is InChI=1S/C26H32N4O3/c31-24(28-23-12-8-10-21(18-23)26(33)30-15-5-2-6-16-30)19-27-22-11-7-9-20(17-22)25(32)29-13-3-1-4-14-29/h7-12,17-18,27H,1-6,13-16,19H2,(H,28,31). The molecule has 2 aliphatic heterocycles. The van der Waals surface area contributed by atoms with Crippen molar-refractivity contribution in [3.63, 3.8) is 0 Å². The molecule has 7 nitrogen and oxygen atoms in total. The molecule has 174 valence electrons. The maximum absolute atomic E-state index is 12.7. The molecule has 0 saturated carbocycles. The van der Waals surface area contributed by atoms with E-state index in [2.05, 4.69) is 10.6 Å². The van der Waals surface area contributed by atoms with Crippen molar-refractivity contribution in [2.75, 3.05) is 43.4 Å². The number of amides is 3. The van der Waals surface area contributed by atoms with Gasteiger partial charge in [-0.15, -0.1) is 0 Å². The number of piperidine rings is 2. The predicted molar refractivity (Wildman–Crippen MR) is 130 cm³/mol. The quantitative estimate of drug-likeness (QED) is 0.700. The van der Waals surface area contributed by atoms with Gasteiger partial charge in [0.25, 0.3) is 11.8 Å². The van der Waals surface area contributed by atoms with E-state index in [0.29, 0.717) is 16.8 Å². The maximum atomic E-state index is 12.7. The Balaban J connectivity index is 1.31. The number of benzene rings is 2. The minimum absolute atomic E-state index is 0.0131. The number of carbonyl (C=O) groups is 3. The van der Waals surface area contributed by atoms with Gasteiger partial charge in [-0.25, -0.2) is 0 Å². The van der Waals surface area contributed by atoms with Gasteiger partial charge in [-0.3, -0.25) is 14.4 Å². The summed E-state index contributed by atoms with van der Waals surface area (Å²) in [6.45, 7) is 3.25. The van der Waals surface area contributed by atoms with Crippen LogP contribution >= 0.6 is 0 Å². The van der Waals surface area contributed by atoms with Gasteiger partial charge in [-0.2, -0.15) is 0 Å². The second kappa shape index (κ2) is 11.0. The second-order valence-electron chi connectivity index (χ2n) is 8.77. The van der Waals surface area contributed by atoms with E-state index in [1.54, 1.807) is 30.3 Å². The molecule has 2 aliphatic rings. The third-order valence-electron chi connectivity index (χ3n) is 6.24. The van der Waals surface area contributed by atoms with Crippen molar-refractivity contribution in [1.29, 1.82) is 0 Å². The molecule has 2 heterocycles. The number of carbonyl (C=O) groups excluding carboxylic acids is 3. The first-order valence-electron chi connectivity index (χ1n) is 11.9. The molecular formula is C26H32N4O3. The number of likely N-dealkylation sites (tertiary alicyclic amines) is 2. The van der Waals surface area contributed by atoms with E-state index in [4.69, 9.17) is 0 Å². The number of hydrogen-bond acceptors (Lipinski definition) is 4. The highest BCUT2D eigenvalue weighted by atomic mass is 16.2. The van der Waals surface area contributed by atoms with Gasteiger partial charge in [-0.1, -0.05) is 12.1 Å². The van der Waals surface area contributed by atoms with Gasteiger partial charge >= 0.3 is 0 Å². The second-order valence-corrected chi connectivity index (χ2v) is 8.77. The molecule has 2 aromatic rings. The van der Waals surface area contributed by atoms with Crippen LogP contribution in [-0.4, -0.2) is 60.2 Å². The summed E-state index contributed by atoms with van der Waals surface area (Å²) in [6, 6.07) is 14.4. The Morgan fingerprint density at radius 3 is 1.70 bits per heavy atom. The number of hydrogen-bond donors (Lipinski definition) is 2. The zero-order valence-electron chi connectivity index (χ0n) is 19.0. The Morgan fingerprint density at radius 1 is 0.667 bits per heavy atom. The Kier molecular flexibility index (Phi) is 7.60. The normalized spacial score (nSPS) is 16.2. The number of nitrogens with zero attached hydrogens (tertiary/aromatic N) is 2. The van der Waals surface area contributed by atoms with Crippen LogP contribution in [0.3, 0.4) is 0 Å². The minimum Gasteiger partial charge on any atom is -0.376 e. The summed E-state index contributed by atoms with van der Waals surface area (Å²) < 4.78 is 0. The van der Waals surface area contributed by atoms with E-state index in [0.717, 1.165) is 57.5 Å². The summed E-state index contributed by atoms with van der Waals surface area (Å²) in [6.07, 6.45) is 6.53. The average molecular weight is 449 g/mol. The van der Waals surface area contributed by atoms with E-state index in [9.17, 15) is 14.4 Å². The first-order valence-corrected chi connectivity index (χ1v) is 11.9. The van der Waals surface area contributed by atoms with Crippen molar-refractivity contribution in [2.45, 2.75) is 38.5 Å². The van der Waals surface area contributed by atoms with Crippen molar-refractivity contribution in [1.82, 2.24) is 9.80 Å². The predicted octanol–water partition coefficient (Wildman–Crippen LogP) is 3.99. The lowest BCUT2D eigenvalue weighted by Crippen LogP contribution is -2.35. The summed E-state index contributed by atoms with van der Waals surface area (Å²) in [5, 5.41) is 5.95. The highest BCUT2D eigenvalue weighted by molar-refractivity contribution is 5.98. The van der Waals surface area contributed by atoms with E-state index in [-0.39, 0.29) is 24.3 Å². The smallest absolute Gasteiger partial charge is 0.253 e. The molecule has 0 aliphatic carbocycles. The Labute approximate surface area is 195 Å². The van der Waals surface area contributed by atoms with E-state index >= 15 is 0 Å². The van der Waals surface area contributed by atoms with Crippen molar-refractivity contribution >= 4 is 29.1 Å². The summed E-state index contributed by atoms with van der Waals surface area (Å²) >= 11 is 0. The topological polar surface area (TPSA) is 81.8 Å². The Morgan fingerprint density at radius 2 is 1.15 bits per heavy atom. The first kappa shape index (κ1) is 22.8. The summed E-state index contributed by atoms with van der Waals surface area (Å²) in [7, 11) is 0. The lowest BCUT2D eigenvalue weighted by molar-refractivity contribution is -0.114. The zero-order chi connectivity index (χ0) is 23.0. The highest BCUT2D eigenvalue weighted by Crippen LogP contribution is 2.18. The first-order chi connectivity index (χ1) is 16.1. The van der Waals surface area contributed by atoms with Gasteiger partial charge in [0, 0.05) is 48.7 Å². The molecule has 33 heavy (non-hydrogen) atoms. The number of anilines is 2. The van der Waals surface area contributed by atoms with Crippen LogP contribution in [0.1, 0.15) is 59.2 Å². The molecule has 0 atom stereocenters. The minimum atomic E-state index is -0.217. The third kappa shape index (κ3) is 6.12.